The van der Waals surface area contributed by atoms with Crippen molar-refractivity contribution < 1.29 is 14.6 Å². The number of anilines is 1. The van der Waals surface area contributed by atoms with Crippen LogP contribution >= 0.6 is 0 Å². The first-order valence-corrected chi connectivity index (χ1v) is 6.86. The summed E-state index contributed by atoms with van der Waals surface area (Å²) in [5.41, 5.74) is 1.46. The maximum absolute atomic E-state index is 11.3. The van der Waals surface area contributed by atoms with Gasteiger partial charge in [0.25, 0.3) is 0 Å². The van der Waals surface area contributed by atoms with Gasteiger partial charge in [0.05, 0.1) is 11.6 Å². The normalized spacial score (nSPS) is 18.7. The average Bonchev–Trinajstić information content (AvgIpc) is 2.70. The van der Waals surface area contributed by atoms with Gasteiger partial charge in [-0.05, 0) is 32.0 Å². The molecule has 1 atom stereocenters. The van der Waals surface area contributed by atoms with E-state index in [1.807, 2.05) is 44.2 Å². The smallest absolute Gasteiger partial charge is 0.337 e. The third-order valence-corrected chi connectivity index (χ3v) is 3.76. The lowest BCUT2D eigenvalue weighted by atomic mass is 9.94. The molecule has 0 amide bonds. The fourth-order valence-corrected chi connectivity index (χ4v) is 2.73. The molecule has 4 heteroatoms. The number of nitrogens with one attached hydrogen (secondary N) is 1. The minimum atomic E-state index is -0.942. The van der Waals surface area contributed by atoms with Gasteiger partial charge in [-0.3, -0.25) is 0 Å². The Balaban J connectivity index is 2.00. The fraction of sp³-hybridized carbons (Fsp3) is 0.235. The molecule has 0 saturated heterocycles. The maximum atomic E-state index is 11.3. The van der Waals surface area contributed by atoms with Crippen molar-refractivity contribution >= 4 is 11.7 Å². The molecule has 3 rings (SSSR count). The number of fused-ring (bicyclic) bond motifs is 1. The molecule has 0 bridgehead atoms. The van der Waals surface area contributed by atoms with Gasteiger partial charge in [-0.2, -0.15) is 0 Å². The highest BCUT2D eigenvalue weighted by Crippen LogP contribution is 2.44. The Hall–Kier alpha value is -2.49. The van der Waals surface area contributed by atoms with Crippen LogP contribution in [0.1, 0.15) is 35.8 Å². The SMILES string of the molecule is CC1(C)Oc2ccccc2C1Nc1ccccc1C(=O)O. The van der Waals surface area contributed by atoms with Gasteiger partial charge < -0.3 is 15.2 Å². The molecule has 1 unspecified atom stereocenters. The van der Waals surface area contributed by atoms with Crippen molar-refractivity contribution in [3.63, 3.8) is 0 Å². The molecule has 21 heavy (non-hydrogen) atoms. The molecule has 0 saturated carbocycles. The third-order valence-electron chi connectivity index (χ3n) is 3.76. The molecule has 0 spiro atoms. The number of benzene rings is 2. The molecule has 4 nitrogen and oxygen atoms in total. The number of carbonyl (C=O) groups is 1. The van der Waals surface area contributed by atoms with Gasteiger partial charge in [0.15, 0.2) is 0 Å². The summed E-state index contributed by atoms with van der Waals surface area (Å²) in [5.74, 6) is -0.101. The predicted octanol–water partition coefficient (Wildman–Crippen LogP) is 3.71. The Bertz CT molecular complexity index is 694. The lowest BCUT2D eigenvalue weighted by molar-refractivity contribution is 0.0697. The second-order valence-electron chi connectivity index (χ2n) is 5.67. The highest BCUT2D eigenvalue weighted by atomic mass is 16.5. The van der Waals surface area contributed by atoms with Crippen LogP contribution in [-0.2, 0) is 0 Å². The molecule has 2 N–H and O–H groups in total. The van der Waals surface area contributed by atoms with Crippen molar-refractivity contribution in [1.29, 1.82) is 0 Å². The molecule has 0 aliphatic carbocycles. The van der Waals surface area contributed by atoms with Gasteiger partial charge >= 0.3 is 5.97 Å². The average molecular weight is 283 g/mol. The van der Waals surface area contributed by atoms with E-state index >= 15 is 0 Å². The molecule has 1 aliphatic heterocycles. The number of hydrogen-bond acceptors (Lipinski definition) is 3. The molecule has 1 heterocycles. The molecule has 1 aliphatic rings. The second kappa shape index (κ2) is 4.81. The topological polar surface area (TPSA) is 58.6 Å². The van der Waals surface area contributed by atoms with Crippen LogP contribution < -0.4 is 10.1 Å². The number of hydrogen-bond donors (Lipinski definition) is 2. The van der Waals surface area contributed by atoms with Crippen LogP contribution in [0.3, 0.4) is 0 Å². The molecule has 0 aromatic heterocycles. The van der Waals surface area contributed by atoms with E-state index in [1.165, 1.54) is 0 Å². The van der Waals surface area contributed by atoms with Crippen LogP contribution in [0.4, 0.5) is 5.69 Å². The van der Waals surface area contributed by atoms with Crippen molar-refractivity contribution in [2.75, 3.05) is 5.32 Å². The van der Waals surface area contributed by atoms with Crippen LogP contribution in [0.15, 0.2) is 48.5 Å². The number of carboxylic acids is 1. The summed E-state index contributed by atoms with van der Waals surface area (Å²) in [6.07, 6.45) is 0. The quantitative estimate of drug-likeness (QED) is 0.901. The van der Waals surface area contributed by atoms with E-state index in [0.29, 0.717) is 5.69 Å². The minimum Gasteiger partial charge on any atom is -0.485 e. The van der Waals surface area contributed by atoms with Gasteiger partial charge in [0, 0.05) is 11.3 Å². The maximum Gasteiger partial charge on any atom is 0.337 e. The van der Waals surface area contributed by atoms with Gasteiger partial charge in [-0.25, -0.2) is 4.79 Å². The van der Waals surface area contributed by atoms with Crippen molar-refractivity contribution in [2.24, 2.45) is 0 Å². The minimum absolute atomic E-state index is 0.103. The van der Waals surface area contributed by atoms with E-state index in [4.69, 9.17) is 4.74 Å². The van der Waals surface area contributed by atoms with Crippen LogP contribution in [0.5, 0.6) is 5.75 Å². The molecular formula is C17H17NO3. The lowest BCUT2D eigenvalue weighted by Gasteiger charge is -2.28. The molecule has 0 radical (unpaired) electrons. The first kappa shape index (κ1) is 13.5. The number of carboxylic acid groups (broad SMARTS) is 1. The third kappa shape index (κ3) is 2.33. The Labute approximate surface area is 123 Å². The van der Waals surface area contributed by atoms with Crippen molar-refractivity contribution in [3.05, 3.63) is 59.7 Å². The van der Waals surface area contributed by atoms with Crippen molar-refractivity contribution in [3.8, 4) is 5.75 Å². The Kier molecular flexibility index (Phi) is 3.09. The summed E-state index contributed by atoms with van der Waals surface area (Å²) in [5, 5.41) is 12.6. The Morgan fingerprint density at radius 1 is 1.14 bits per heavy atom. The monoisotopic (exact) mass is 283 g/mol. The van der Waals surface area contributed by atoms with E-state index in [2.05, 4.69) is 5.32 Å². The largest absolute Gasteiger partial charge is 0.485 e. The first-order valence-electron chi connectivity index (χ1n) is 6.86. The Morgan fingerprint density at radius 3 is 2.57 bits per heavy atom. The lowest BCUT2D eigenvalue weighted by Crippen LogP contribution is -2.35. The summed E-state index contributed by atoms with van der Waals surface area (Å²) in [6.45, 7) is 3.99. The van der Waals surface area contributed by atoms with Crippen LogP contribution in [0.2, 0.25) is 0 Å². The van der Waals surface area contributed by atoms with Gasteiger partial charge in [0.1, 0.15) is 11.4 Å². The van der Waals surface area contributed by atoms with E-state index in [1.54, 1.807) is 18.2 Å². The zero-order valence-corrected chi connectivity index (χ0v) is 12.0. The van der Waals surface area contributed by atoms with Crippen LogP contribution in [-0.4, -0.2) is 16.7 Å². The summed E-state index contributed by atoms with van der Waals surface area (Å²) in [6, 6.07) is 14.6. The summed E-state index contributed by atoms with van der Waals surface area (Å²) < 4.78 is 5.97. The molecular weight excluding hydrogens is 266 g/mol. The van der Waals surface area contributed by atoms with Crippen LogP contribution in [0, 0.1) is 0 Å². The zero-order valence-electron chi connectivity index (χ0n) is 12.0. The summed E-state index contributed by atoms with van der Waals surface area (Å²) in [7, 11) is 0. The van der Waals surface area contributed by atoms with Gasteiger partial charge in [-0.1, -0.05) is 30.3 Å². The zero-order chi connectivity index (χ0) is 15.0. The van der Waals surface area contributed by atoms with Crippen LogP contribution in [0.25, 0.3) is 0 Å². The van der Waals surface area contributed by atoms with Crippen molar-refractivity contribution in [1.82, 2.24) is 0 Å². The molecule has 0 fully saturated rings. The molecule has 2 aromatic carbocycles. The van der Waals surface area contributed by atoms with E-state index in [-0.39, 0.29) is 11.6 Å². The number of aromatic carboxylic acids is 1. The summed E-state index contributed by atoms with van der Waals surface area (Å²) in [4.78, 5) is 11.3. The molecule has 2 aromatic rings. The van der Waals surface area contributed by atoms with E-state index in [0.717, 1.165) is 11.3 Å². The number of para-hydroxylation sites is 2. The fourth-order valence-electron chi connectivity index (χ4n) is 2.73. The Morgan fingerprint density at radius 2 is 1.81 bits per heavy atom. The molecule has 108 valence electrons. The number of rotatable bonds is 3. The van der Waals surface area contributed by atoms with Crippen molar-refractivity contribution in [2.45, 2.75) is 25.5 Å². The predicted molar refractivity (Wildman–Crippen MR) is 80.9 cm³/mol. The standard InChI is InChI=1S/C17H17NO3/c1-17(2)15(12-8-4-6-10-14(12)21-17)18-13-9-5-3-7-11(13)16(19)20/h3-10,15,18H,1-2H3,(H,19,20). The van der Waals surface area contributed by atoms with Gasteiger partial charge in [0.2, 0.25) is 0 Å². The van der Waals surface area contributed by atoms with E-state index < -0.39 is 11.6 Å². The second-order valence-corrected chi connectivity index (χ2v) is 5.67. The number of ether oxygens (including phenoxy) is 1. The van der Waals surface area contributed by atoms with E-state index in [9.17, 15) is 9.90 Å². The summed E-state index contributed by atoms with van der Waals surface area (Å²) >= 11 is 0. The first-order chi connectivity index (χ1) is 9.99. The highest BCUT2D eigenvalue weighted by Gasteiger charge is 2.41. The van der Waals surface area contributed by atoms with Gasteiger partial charge in [-0.15, -0.1) is 0 Å². The highest BCUT2D eigenvalue weighted by molar-refractivity contribution is 5.94.